The lowest BCUT2D eigenvalue weighted by Crippen LogP contribution is -2.37. The number of nitrogens with two attached hydrogens (primary N) is 1. The summed E-state index contributed by atoms with van der Waals surface area (Å²) in [4.78, 5) is 36.6. The van der Waals surface area contributed by atoms with Crippen molar-refractivity contribution in [1.82, 2.24) is 4.90 Å². The Bertz CT molecular complexity index is 1080. The second-order valence-electron chi connectivity index (χ2n) is 8.52. The number of benzene rings is 2. The fourth-order valence-electron chi connectivity index (χ4n) is 3.95. The third-order valence-corrected chi connectivity index (χ3v) is 5.87. The molecule has 1 fully saturated rings. The van der Waals surface area contributed by atoms with Crippen molar-refractivity contribution in [2.45, 2.75) is 25.8 Å². The van der Waals surface area contributed by atoms with E-state index in [0.717, 1.165) is 32.0 Å². The number of rotatable bonds is 15. The second kappa shape index (κ2) is 14.1. The molecule has 0 atom stereocenters. The molecule has 2 aromatic rings. The van der Waals surface area contributed by atoms with Crippen LogP contribution in [-0.4, -0.2) is 68.0 Å². The predicted octanol–water partition coefficient (Wildman–Crippen LogP) is 2.94. The number of ether oxygens (including phenoxy) is 2. The van der Waals surface area contributed by atoms with Crippen molar-refractivity contribution in [3.8, 4) is 5.75 Å². The minimum atomic E-state index is -0.857. The fraction of sp³-hybridized carbons (Fsp3) is 0.440. The van der Waals surface area contributed by atoms with Gasteiger partial charge in [-0.1, -0.05) is 12.1 Å². The molecule has 0 unspecified atom stereocenters. The van der Waals surface area contributed by atoms with Gasteiger partial charge in [0, 0.05) is 45.2 Å². The van der Waals surface area contributed by atoms with Gasteiger partial charge in [-0.3, -0.25) is 19.8 Å². The van der Waals surface area contributed by atoms with E-state index in [2.05, 4.69) is 15.5 Å². The number of anilines is 2. The predicted molar refractivity (Wildman–Crippen MR) is 136 cm³/mol. The summed E-state index contributed by atoms with van der Waals surface area (Å²) in [6.07, 6.45) is 2.20. The third kappa shape index (κ3) is 8.12. The van der Waals surface area contributed by atoms with Crippen LogP contribution >= 0.6 is 0 Å². The number of carbonyl (C=O) groups is 2. The Balaban J connectivity index is 1.92. The summed E-state index contributed by atoms with van der Waals surface area (Å²) < 4.78 is 24.8. The van der Waals surface area contributed by atoms with Crippen molar-refractivity contribution < 1.29 is 28.4 Å². The van der Waals surface area contributed by atoms with Gasteiger partial charge in [-0.05, 0) is 30.5 Å². The first-order valence-corrected chi connectivity index (χ1v) is 12.1. The summed E-state index contributed by atoms with van der Waals surface area (Å²) in [5, 5.41) is 18.1. The maximum absolute atomic E-state index is 13.3. The van der Waals surface area contributed by atoms with Gasteiger partial charge in [-0.2, -0.15) is 0 Å². The third-order valence-electron chi connectivity index (χ3n) is 5.87. The number of nitro groups is 1. The quantitative estimate of drug-likeness (QED) is 0.140. The van der Waals surface area contributed by atoms with Crippen LogP contribution in [-0.2, 0) is 16.1 Å². The number of aldehydes is 1. The van der Waals surface area contributed by atoms with Crippen LogP contribution < -0.4 is 21.1 Å². The van der Waals surface area contributed by atoms with Gasteiger partial charge in [0.25, 0.3) is 11.6 Å². The van der Waals surface area contributed by atoms with Gasteiger partial charge < -0.3 is 30.6 Å². The van der Waals surface area contributed by atoms with Crippen LogP contribution in [0.1, 0.15) is 35.2 Å². The Morgan fingerprint density at radius 2 is 1.92 bits per heavy atom. The monoisotopic (exact) mass is 517 g/mol. The molecule has 1 aliphatic rings. The number of primary amides is 1. The van der Waals surface area contributed by atoms with Crippen molar-refractivity contribution >= 4 is 29.3 Å². The topological polar surface area (TPSA) is 149 Å². The van der Waals surface area contributed by atoms with Crippen LogP contribution in [0.5, 0.6) is 5.75 Å². The smallest absolute Gasteiger partial charge is 0.297 e. The van der Waals surface area contributed by atoms with Crippen molar-refractivity contribution in [3.05, 3.63) is 57.4 Å². The van der Waals surface area contributed by atoms with E-state index in [0.29, 0.717) is 44.6 Å². The highest BCUT2D eigenvalue weighted by Crippen LogP contribution is 2.44. The number of halogens is 1. The Morgan fingerprint density at radius 1 is 1.19 bits per heavy atom. The highest BCUT2D eigenvalue weighted by atomic mass is 19.1. The molecule has 11 nitrogen and oxygen atoms in total. The highest BCUT2D eigenvalue weighted by molar-refractivity contribution is 6.03. The Hall–Kier alpha value is -3.77. The number of morpholine rings is 1. The molecule has 12 heteroatoms. The Kier molecular flexibility index (Phi) is 10.6. The Morgan fingerprint density at radius 3 is 2.57 bits per heavy atom. The first-order chi connectivity index (χ1) is 17.9. The van der Waals surface area contributed by atoms with Crippen LogP contribution in [0.25, 0.3) is 0 Å². The summed E-state index contributed by atoms with van der Waals surface area (Å²) in [5.41, 5.74) is 6.09. The van der Waals surface area contributed by atoms with E-state index >= 15 is 0 Å². The molecule has 1 heterocycles. The molecule has 1 amide bonds. The molecule has 2 aromatic carbocycles. The maximum atomic E-state index is 13.3. The zero-order chi connectivity index (χ0) is 26.6. The lowest BCUT2D eigenvalue weighted by molar-refractivity contribution is -0.384. The molecule has 0 aliphatic carbocycles. The zero-order valence-electron chi connectivity index (χ0n) is 20.5. The van der Waals surface area contributed by atoms with E-state index in [1.807, 2.05) is 0 Å². The van der Waals surface area contributed by atoms with Crippen molar-refractivity contribution in [1.29, 1.82) is 0 Å². The number of nitrogens with one attached hydrogen (secondary N) is 2. The fourth-order valence-corrected chi connectivity index (χ4v) is 3.95. The van der Waals surface area contributed by atoms with Gasteiger partial charge in [0.2, 0.25) is 0 Å². The minimum absolute atomic E-state index is 0.0728. The van der Waals surface area contributed by atoms with Gasteiger partial charge in [0.15, 0.2) is 11.4 Å². The van der Waals surface area contributed by atoms with Gasteiger partial charge >= 0.3 is 0 Å². The highest BCUT2D eigenvalue weighted by Gasteiger charge is 2.28. The van der Waals surface area contributed by atoms with E-state index < -0.39 is 16.6 Å². The lowest BCUT2D eigenvalue weighted by Gasteiger charge is -2.26. The van der Waals surface area contributed by atoms with E-state index in [1.165, 1.54) is 12.1 Å². The summed E-state index contributed by atoms with van der Waals surface area (Å²) in [5.74, 6) is -1.16. The maximum Gasteiger partial charge on any atom is 0.297 e. The summed E-state index contributed by atoms with van der Waals surface area (Å²) in [7, 11) is 0. The lowest BCUT2D eigenvalue weighted by atomic mass is 10.1. The molecule has 1 aliphatic heterocycles. The summed E-state index contributed by atoms with van der Waals surface area (Å²) in [6, 6.07) is 6.83. The SMILES string of the molecule is NC(=O)c1cc([N+](=O)[O-])c(NCc2ccc(F)cc2)c(OCCCN2CCOCC2)c1NCCCC=O. The molecule has 0 spiro atoms. The molecule has 0 bridgehead atoms. The number of hydrogen-bond acceptors (Lipinski definition) is 9. The number of nitrogens with zero attached hydrogens (tertiary/aromatic N) is 2. The van der Waals surface area contributed by atoms with Crippen LogP contribution in [0.15, 0.2) is 30.3 Å². The molecular formula is C25H32FN5O6. The van der Waals surface area contributed by atoms with E-state index in [-0.39, 0.29) is 41.5 Å². The molecule has 1 saturated heterocycles. The van der Waals surface area contributed by atoms with Crippen molar-refractivity contribution in [2.75, 3.05) is 56.6 Å². The average molecular weight is 518 g/mol. The van der Waals surface area contributed by atoms with Crippen LogP contribution in [0.4, 0.5) is 21.5 Å². The van der Waals surface area contributed by atoms with E-state index in [4.69, 9.17) is 15.2 Å². The number of hydrogen-bond donors (Lipinski definition) is 3. The molecule has 0 saturated carbocycles. The van der Waals surface area contributed by atoms with E-state index in [9.17, 15) is 24.1 Å². The van der Waals surface area contributed by atoms with Gasteiger partial charge in [-0.25, -0.2) is 4.39 Å². The number of carbonyl (C=O) groups excluding carboxylic acids is 2. The van der Waals surface area contributed by atoms with Crippen molar-refractivity contribution in [2.24, 2.45) is 5.73 Å². The second-order valence-corrected chi connectivity index (χ2v) is 8.52. The zero-order valence-corrected chi connectivity index (χ0v) is 20.5. The van der Waals surface area contributed by atoms with Crippen LogP contribution in [0.2, 0.25) is 0 Å². The first-order valence-electron chi connectivity index (χ1n) is 12.1. The molecular weight excluding hydrogens is 485 g/mol. The van der Waals surface area contributed by atoms with E-state index in [1.54, 1.807) is 12.1 Å². The molecule has 37 heavy (non-hydrogen) atoms. The van der Waals surface area contributed by atoms with Crippen LogP contribution in [0, 0.1) is 15.9 Å². The Labute approximate surface area is 214 Å². The van der Waals surface area contributed by atoms with Crippen molar-refractivity contribution in [3.63, 3.8) is 0 Å². The molecule has 0 aromatic heterocycles. The normalized spacial score (nSPS) is 13.6. The molecule has 200 valence electrons. The van der Waals surface area contributed by atoms with Gasteiger partial charge in [0.1, 0.15) is 12.1 Å². The average Bonchev–Trinajstić information content (AvgIpc) is 2.89. The summed E-state index contributed by atoms with van der Waals surface area (Å²) in [6.45, 7) is 4.41. The largest absolute Gasteiger partial charge is 0.489 e. The summed E-state index contributed by atoms with van der Waals surface area (Å²) >= 11 is 0. The minimum Gasteiger partial charge on any atom is -0.489 e. The number of unbranched alkanes of at least 4 members (excludes halogenated alkanes) is 1. The van der Waals surface area contributed by atoms with Crippen LogP contribution in [0.3, 0.4) is 0 Å². The molecule has 3 rings (SSSR count). The van der Waals surface area contributed by atoms with Gasteiger partial charge in [0.05, 0.1) is 36.0 Å². The number of nitro benzene ring substituents is 1. The number of amides is 1. The van der Waals surface area contributed by atoms with Gasteiger partial charge in [-0.15, -0.1) is 0 Å². The molecule has 4 N–H and O–H groups in total. The molecule has 0 radical (unpaired) electrons. The standard InChI is InChI=1S/C25H32FN5O6/c26-19-6-4-18(5-7-19)17-29-23-21(31(34)35)16-20(25(27)33)22(28-8-1-2-12-32)24(23)37-13-3-9-30-10-14-36-15-11-30/h4-7,12,16,28-29H,1-3,8-11,13-15,17H2,(H2,27,33). The first kappa shape index (κ1) is 27.8.